The van der Waals surface area contributed by atoms with Crippen LogP contribution in [0, 0.1) is 5.82 Å². The molecular formula is C9H12ClFN2O2S. The van der Waals surface area contributed by atoms with E-state index in [4.69, 9.17) is 11.6 Å². The highest BCUT2D eigenvalue weighted by Crippen LogP contribution is 2.15. The lowest BCUT2D eigenvalue weighted by molar-refractivity contribution is 0.597. The van der Waals surface area contributed by atoms with Crippen molar-refractivity contribution in [3.8, 4) is 0 Å². The summed E-state index contributed by atoms with van der Waals surface area (Å²) in [6.45, 7) is 1.69. The van der Waals surface area contributed by atoms with Crippen molar-refractivity contribution in [2.75, 3.05) is 23.4 Å². The number of halogens is 2. The first-order chi connectivity index (χ1) is 7.44. The van der Waals surface area contributed by atoms with Gasteiger partial charge in [0.25, 0.3) is 0 Å². The molecule has 1 N–H and O–H groups in total. The summed E-state index contributed by atoms with van der Waals surface area (Å²) in [5, 5.41) is 2.81. The molecule has 0 aromatic carbocycles. The fraction of sp³-hybridized carbons (Fsp3) is 0.444. The predicted molar refractivity (Wildman–Crippen MR) is 62.0 cm³/mol. The zero-order valence-electron chi connectivity index (χ0n) is 8.70. The second kappa shape index (κ2) is 5.45. The summed E-state index contributed by atoms with van der Waals surface area (Å²) in [5.41, 5.74) is 0. The Morgan fingerprint density at radius 2 is 2.25 bits per heavy atom. The average molecular weight is 267 g/mol. The van der Waals surface area contributed by atoms with E-state index in [1.165, 1.54) is 6.20 Å². The van der Waals surface area contributed by atoms with Gasteiger partial charge in [-0.3, -0.25) is 0 Å². The van der Waals surface area contributed by atoms with Crippen molar-refractivity contribution in [2.24, 2.45) is 0 Å². The van der Waals surface area contributed by atoms with Gasteiger partial charge in [0.2, 0.25) is 0 Å². The standard InChI is InChI=1S/C9H12ClFN2O2S/c1-2-16(14,15)4-3-12-9-8(11)5-7(10)6-13-9/h5-6H,2-4H2,1H3,(H,12,13). The highest BCUT2D eigenvalue weighted by Gasteiger charge is 2.08. The molecule has 0 bridgehead atoms. The maximum Gasteiger partial charge on any atom is 0.166 e. The summed E-state index contributed by atoms with van der Waals surface area (Å²) in [4.78, 5) is 3.71. The number of pyridine rings is 1. The first-order valence-corrected chi connectivity index (χ1v) is 6.90. The van der Waals surface area contributed by atoms with Crippen molar-refractivity contribution in [3.63, 3.8) is 0 Å². The van der Waals surface area contributed by atoms with Crippen molar-refractivity contribution in [1.29, 1.82) is 0 Å². The van der Waals surface area contributed by atoms with Crippen LogP contribution in [0.3, 0.4) is 0 Å². The van der Waals surface area contributed by atoms with Crippen molar-refractivity contribution < 1.29 is 12.8 Å². The molecule has 0 amide bonds. The molecule has 0 atom stereocenters. The van der Waals surface area contributed by atoms with E-state index in [0.717, 1.165) is 6.07 Å². The quantitative estimate of drug-likeness (QED) is 0.882. The average Bonchev–Trinajstić information content (AvgIpc) is 2.21. The van der Waals surface area contributed by atoms with Crippen molar-refractivity contribution >= 4 is 27.3 Å². The molecule has 16 heavy (non-hydrogen) atoms. The minimum atomic E-state index is -3.05. The fourth-order valence-corrected chi connectivity index (χ4v) is 1.86. The van der Waals surface area contributed by atoms with Crippen molar-refractivity contribution in [2.45, 2.75) is 6.92 Å². The van der Waals surface area contributed by atoms with Gasteiger partial charge in [-0.15, -0.1) is 0 Å². The van der Waals surface area contributed by atoms with Crippen LogP contribution >= 0.6 is 11.6 Å². The molecule has 0 saturated heterocycles. The van der Waals surface area contributed by atoms with Gasteiger partial charge in [0.1, 0.15) is 0 Å². The zero-order chi connectivity index (χ0) is 12.2. The summed E-state index contributed by atoms with van der Waals surface area (Å²) in [5.74, 6) is -0.560. The monoisotopic (exact) mass is 266 g/mol. The molecule has 0 spiro atoms. The van der Waals surface area contributed by atoms with E-state index in [1.807, 2.05) is 0 Å². The minimum absolute atomic E-state index is 0.00991. The number of nitrogens with one attached hydrogen (secondary N) is 1. The number of hydrogen-bond acceptors (Lipinski definition) is 4. The first-order valence-electron chi connectivity index (χ1n) is 4.70. The molecule has 0 saturated carbocycles. The van der Waals surface area contributed by atoms with E-state index in [0.29, 0.717) is 0 Å². The SMILES string of the molecule is CCS(=O)(=O)CCNc1ncc(Cl)cc1F. The number of nitrogens with zero attached hydrogens (tertiary/aromatic N) is 1. The van der Waals surface area contributed by atoms with Crippen molar-refractivity contribution in [1.82, 2.24) is 4.98 Å². The zero-order valence-corrected chi connectivity index (χ0v) is 10.3. The Morgan fingerprint density at radius 3 is 2.81 bits per heavy atom. The lowest BCUT2D eigenvalue weighted by Crippen LogP contribution is -2.18. The minimum Gasteiger partial charge on any atom is -0.367 e. The second-order valence-electron chi connectivity index (χ2n) is 3.15. The highest BCUT2D eigenvalue weighted by atomic mass is 35.5. The summed E-state index contributed by atoms with van der Waals surface area (Å²) in [6, 6.07) is 1.12. The topological polar surface area (TPSA) is 59.1 Å². The van der Waals surface area contributed by atoms with Gasteiger partial charge in [-0.1, -0.05) is 18.5 Å². The van der Waals surface area contributed by atoms with Crippen LogP contribution in [0.4, 0.5) is 10.2 Å². The molecule has 1 rings (SSSR count). The Labute approximate surface area is 98.8 Å². The smallest absolute Gasteiger partial charge is 0.166 e. The Kier molecular flexibility index (Phi) is 4.49. The lowest BCUT2D eigenvalue weighted by atomic mass is 10.4. The molecule has 0 aliphatic heterocycles. The molecule has 0 aliphatic rings. The molecule has 1 heterocycles. The van der Waals surface area contributed by atoms with Crippen LogP contribution in [0.2, 0.25) is 5.02 Å². The van der Waals surface area contributed by atoms with Crippen LogP contribution in [0.5, 0.6) is 0 Å². The van der Waals surface area contributed by atoms with E-state index in [2.05, 4.69) is 10.3 Å². The fourth-order valence-electron chi connectivity index (χ4n) is 1.01. The third kappa shape index (κ3) is 3.94. The van der Waals surface area contributed by atoms with Crippen LogP contribution in [0.25, 0.3) is 0 Å². The number of aromatic nitrogens is 1. The maximum atomic E-state index is 13.2. The first kappa shape index (κ1) is 13.2. The Balaban J connectivity index is 2.56. The Bertz CT molecular complexity index is 465. The molecular weight excluding hydrogens is 255 g/mol. The molecule has 4 nitrogen and oxygen atoms in total. The molecule has 0 aliphatic carbocycles. The third-order valence-corrected chi connectivity index (χ3v) is 3.87. The summed E-state index contributed by atoms with van der Waals surface area (Å²) < 4.78 is 35.5. The summed E-state index contributed by atoms with van der Waals surface area (Å²) >= 11 is 5.52. The number of rotatable bonds is 5. The van der Waals surface area contributed by atoms with Crippen molar-refractivity contribution in [3.05, 3.63) is 23.1 Å². The van der Waals surface area contributed by atoms with Gasteiger partial charge in [0, 0.05) is 18.5 Å². The van der Waals surface area contributed by atoms with Gasteiger partial charge in [-0.2, -0.15) is 0 Å². The summed E-state index contributed by atoms with van der Waals surface area (Å²) in [7, 11) is -3.05. The van der Waals surface area contributed by atoms with Crippen LogP contribution in [-0.4, -0.2) is 31.5 Å². The van der Waals surface area contributed by atoms with E-state index < -0.39 is 15.7 Å². The molecule has 1 aromatic heterocycles. The van der Waals surface area contributed by atoms with Crippen LogP contribution in [0.15, 0.2) is 12.3 Å². The van der Waals surface area contributed by atoms with E-state index in [9.17, 15) is 12.8 Å². The molecule has 7 heteroatoms. The van der Waals surface area contributed by atoms with E-state index in [1.54, 1.807) is 6.92 Å². The van der Waals surface area contributed by atoms with Gasteiger partial charge >= 0.3 is 0 Å². The molecule has 0 radical (unpaired) electrons. The highest BCUT2D eigenvalue weighted by molar-refractivity contribution is 7.91. The van der Waals surface area contributed by atoms with Gasteiger partial charge in [0.15, 0.2) is 21.5 Å². The van der Waals surface area contributed by atoms with Gasteiger partial charge in [-0.25, -0.2) is 17.8 Å². The van der Waals surface area contributed by atoms with Crippen LogP contribution in [0.1, 0.15) is 6.92 Å². The van der Waals surface area contributed by atoms with Gasteiger partial charge in [-0.05, 0) is 6.07 Å². The number of anilines is 1. The second-order valence-corrected chi connectivity index (χ2v) is 6.06. The largest absolute Gasteiger partial charge is 0.367 e. The number of sulfone groups is 1. The summed E-state index contributed by atoms with van der Waals surface area (Å²) in [6.07, 6.45) is 1.29. The molecule has 0 fully saturated rings. The predicted octanol–water partition coefficient (Wildman–Crippen LogP) is 1.72. The lowest BCUT2D eigenvalue weighted by Gasteiger charge is -2.06. The molecule has 1 aromatic rings. The van der Waals surface area contributed by atoms with E-state index >= 15 is 0 Å². The van der Waals surface area contributed by atoms with Crippen LogP contribution < -0.4 is 5.32 Å². The molecule has 90 valence electrons. The normalized spacial score (nSPS) is 11.4. The van der Waals surface area contributed by atoms with Gasteiger partial charge in [0.05, 0.1) is 10.8 Å². The number of hydrogen-bond donors (Lipinski definition) is 1. The Morgan fingerprint density at radius 1 is 1.56 bits per heavy atom. The Hall–Kier alpha value is -0.880. The van der Waals surface area contributed by atoms with E-state index in [-0.39, 0.29) is 28.9 Å². The van der Waals surface area contributed by atoms with Crippen LogP contribution in [-0.2, 0) is 9.84 Å². The molecule has 0 unspecified atom stereocenters. The van der Waals surface area contributed by atoms with Gasteiger partial charge < -0.3 is 5.32 Å². The maximum absolute atomic E-state index is 13.2. The third-order valence-electron chi connectivity index (χ3n) is 1.95.